The molecule has 0 aliphatic rings. The summed E-state index contributed by atoms with van der Waals surface area (Å²) in [6.45, 7) is 5.56. The lowest BCUT2D eigenvalue weighted by molar-refractivity contribution is -0.125. The van der Waals surface area contributed by atoms with Crippen molar-refractivity contribution in [2.75, 3.05) is 19.8 Å². The molecule has 0 spiro atoms. The number of rotatable bonds is 5. The van der Waals surface area contributed by atoms with Gasteiger partial charge in [0.2, 0.25) is 10.0 Å². The van der Waals surface area contributed by atoms with E-state index in [0.29, 0.717) is 13.0 Å². The molecule has 0 radical (unpaired) electrons. The van der Waals surface area contributed by atoms with Crippen molar-refractivity contribution < 1.29 is 13.2 Å². The van der Waals surface area contributed by atoms with Crippen LogP contribution in [0.3, 0.4) is 0 Å². The third kappa shape index (κ3) is 4.19. The second-order valence-corrected chi connectivity index (χ2v) is 6.36. The Morgan fingerprint density at radius 3 is 2.07 bits per heavy atom. The maximum absolute atomic E-state index is 11.2. The van der Waals surface area contributed by atoms with Gasteiger partial charge in [-0.2, -0.15) is 0 Å². The van der Waals surface area contributed by atoms with Crippen molar-refractivity contribution in [1.82, 2.24) is 4.31 Å². The number of nitrogens with zero attached hydrogens (tertiary/aromatic N) is 1. The summed E-state index contributed by atoms with van der Waals surface area (Å²) in [7, 11) is -1.61. The number of Topliss-reactive ketones (excluding diaryl/α,β-unsaturated/α-hetero) is 1. The van der Waals surface area contributed by atoms with Crippen LogP contribution >= 0.6 is 0 Å². The highest BCUT2D eigenvalue weighted by Crippen LogP contribution is 2.21. The first-order chi connectivity index (χ1) is 6.07. The maximum Gasteiger partial charge on any atom is 0.210 e. The van der Waals surface area contributed by atoms with Crippen molar-refractivity contribution in [1.29, 1.82) is 0 Å². The molecule has 0 unspecified atom stereocenters. The fourth-order valence-corrected chi connectivity index (χ4v) is 1.20. The van der Waals surface area contributed by atoms with Gasteiger partial charge in [0, 0.05) is 19.0 Å². The van der Waals surface area contributed by atoms with E-state index in [1.54, 1.807) is 0 Å². The summed E-state index contributed by atoms with van der Waals surface area (Å²) in [5.41, 5.74) is -0.445. The van der Waals surface area contributed by atoms with Crippen LogP contribution in [0.15, 0.2) is 0 Å². The molecular weight excluding hydrogens is 202 g/mol. The number of ketones is 1. The van der Waals surface area contributed by atoms with E-state index in [9.17, 15) is 13.2 Å². The van der Waals surface area contributed by atoms with Crippen LogP contribution < -0.4 is 0 Å². The minimum Gasteiger partial charge on any atom is -0.299 e. The van der Waals surface area contributed by atoms with Crippen LogP contribution in [-0.4, -0.2) is 38.4 Å². The normalized spacial score (nSPS) is 13.3. The van der Waals surface area contributed by atoms with Gasteiger partial charge in [-0.1, -0.05) is 13.8 Å². The van der Waals surface area contributed by atoms with E-state index < -0.39 is 15.4 Å². The Kier molecular flexibility index (Phi) is 4.27. The van der Waals surface area contributed by atoms with Crippen LogP contribution in [0.25, 0.3) is 0 Å². The third-order valence-corrected chi connectivity index (χ3v) is 3.89. The largest absolute Gasteiger partial charge is 0.299 e. The van der Waals surface area contributed by atoms with E-state index in [0.717, 1.165) is 6.26 Å². The topological polar surface area (TPSA) is 54.5 Å². The van der Waals surface area contributed by atoms with Crippen molar-refractivity contribution in [3.05, 3.63) is 0 Å². The second kappa shape index (κ2) is 4.40. The Balaban J connectivity index is 4.27. The highest BCUT2D eigenvalue weighted by atomic mass is 32.2. The summed E-state index contributed by atoms with van der Waals surface area (Å²) in [6.07, 6.45) is 1.71. The molecule has 5 heteroatoms. The molecule has 4 nitrogen and oxygen atoms in total. The van der Waals surface area contributed by atoms with Crippen LogP contribution in [0.2, 0.25) is 0 Å². The number of carbonyl (C=O) groups excluding carboxylic acids is 1. The van der Waals surface area contributed by atoms with Crippen LogP contribution in [0, 0.1) is 5.41 Å². The molecule has 0 bridgehead atoms. The van der Waals surface area contributed by atoms with E-state index in [-0.39, 0.29) is 5.78 Å². The molecule has 0 heterocycles. The minimum atomic E-state index is -3.13. The summed E-state index contributed by atoms with van der Waals surface area (Å²) >= 11 is 0. The molecular formula is C9H19NO3S. The van der Waals surface area contributed by atoms with Crippen molar-refractivity contribution in [3.63, 3.8) is 0 Å². The lowest BCUT2D eigenvalue weighted by Crippen LogP contribution is -2.32. The monoisotopic (exact) mass is 221 g/mol. The Hall–Kier alpha value is -0.420. The fraction of sp³-hybridized carbons (Fsp3) is 0.889. The molecule has 0 aromatic rings. The zero-order valence-electron chi connectivity index (χ0n) is 9.49. The van der Waals surface area contributed by atoms with Gasteiger partial charge in [-0.05, 0) is 13.3 Å². The van der Waals surface area contributed by atoms with Gasteiger partial charge in [-0.15, -0.1) is 0 Å². The number of sulfonamides is 1. The van der Waals surface area contributed by atoms with E-state index in [2.05, 4.69) is 0 Å². The van der Waals surface area contributed by atoms with Gasteiger partial charge >= 0.3 is 0 Å². The molecule has 0 aromatic carbocycles. The fourth-order valence-electron chi connectivity index (χ4n) is 0.779. The first-order valence-electron chi connectivity index (χ1n) is 4.50. The summed E-state index contributed by atoms with van der Waals surface area (Å²) < 4.78 is 23.4. The van der Waals surface area contributed by atoms with E-state index in [4.69, 9.17) is 0 Å². The molecule has 0 aliphatic carbocycles. The Morgan fingerprint density at radius 1 is 1.36 bits per heavy atom. The van der Waals surface area contributed by atoms with Crippen LogP contribution in [-0.2, 0) is 14.8 Å². The summed E-state index contributed by atoms with van der Waals surface area (Å²) in [4.78, 5) is 11.2. The molecule has 0 aromatic heterocycles. The summed E-state index contributed by atoms with van der Waals surface area (Å²) in [5.74, 6) is 0.0828. The lowest BCUT2D eigenvalue weighted by Gasteiger charge is -2.23. The van der Waals surface area contributed by atoms with Crippen molar-refractivity contribution in [2.24, 2.45) is 5.41 Å². The first kappa shape index (κ1) is 13.6. The summed E-state index contributed by atoms with van der Waals surface area (Å²) in [6, 6.07) is 0. The zero-order chi connectivity index (χ0) is 11.6. The second-order valence-electron chi connectivity index (χ2n) is 4.27. The molecule has 0 amide bonds. The third-order valence-electron chi connectivity index (χ3n) is 2.57. The van der Waals surface area contributed by atoms with E-state index >= 15 is 0 Å². The summed E-state index contributed by atoms with van der Waals surface area (Å²) in [5, 5.41) is 0. The molecule has 14 heavy (non-hydrogen) atoms. The van der Waals surface area contributed by atoms with Crippen molar-refractivity contribution in [3.8, 4) is 0 Å². The van der Waals surface area contributed by atoms with Gasteiger partial charge in [0.1, 0.15) is 5.78 Å². The number of carbonyl (C=O) groups is 1. The highest BCUT2D eigenvalue weighted by molar-refractivity contribution is 7.88. The smallest absolute Gasteiger partial charge is 0.210 e. The van der Waals surface area contributed by atoms with Gasteiger partial charge in [0.25, 0.3) is 0 Å². The van der Waals surface area contributed by atoms with Crippen LogP contribution in [0.5, 0.6) is 0 Å². The Labute approximate surface area is 86.3 Å². The SMILES string of the molecule is CC(=O)C(C)(C)CCN(C)S(C)(=O)=O. The first-order valence-corrected chi connectivity index (χ1v) is 6.34. The molecule has 0 saturated carbocycles. The molecule has 0 aliphatic heterocycles. The molecule has 0 saturated heterocycles. The molecule has 0 N–H and O–H groups in total. The van der Waals surface area contributed by atoms with Gasteiger partial charge in [0.05, 0.1) is 6.26 Å². The maximum atomic E-state index is 11.2. The van der Waals surface area contributed by atoms with Crippen LogP contribution in [0.1, 0.15) is 27.2 Å². The standard InChI is InChI=1S/C9H19NO3S/c1-8(11)9(2,3)6-7-10(4)14(5,12)13/h6-7H2,1-5H3. The number of hydrogen-bond acceptors (Lipinski definition) is 3. The van der Waals surface area contributed by atoms with Crippen LogP contribution in [0.4, 0.5) is 0 Å². The predicted octanol–water partition coefficient (Wildman–Crippen LogP) is 0.883. The minimum absolute atomic E-state index is 0.0828. The highest BCUT2D eigenvalue weighted by Gasteiger charge is 2.25. The van der Waals surface area contributed by atoms with Gasteiger partial charge in [-0.3, -0.25) is 4.79 Å². The average Bonchev–Trinajstić information content (AvgIpc) is 1.98. The quantitative estimate of drug-likeness (QED) is 0.692. The van der Waals surface area contributed by atoms with Crippen molar-refractivity contribution in [2.45, 2.75) is 27.2 Å². The zero-order valence-corrected chi connectivity index (χ0v) is 10.3. The average molecular weight is 221 g/mol. The predicted molar refractivity (Wildman–Crippen MR) is 56.6 cm³/mol. The molecule has 0 rings (SSSR count). The van der Waals surface area contributed by atoms with Gasteiger partial charge < -0.3 is 0 Å². The van der Waals surface area contributed by atoms with E-state index in [1.165, 1.54) is 18.3 Å². The number of hydrogen-bond donors (Lipinski definition) is 0. The van der Waals surface area contributed by atoms with Gasteiger partial charge in [-0.25, -0.2) is 12.7 Å². The Bertz CT molecular complexity index is 306. The van der Waals surface area contributed by atoms with Gasteiger partial charge in [0.15, 0.2) is 0 Å². The van der Waals surface area contributed by atoms with E-state index in [1.807, 2.05) is 13.8 Å². The molecule has 0 fully saturated rings. The molecule has 0 atom stereocenters. The Morgan fingerprint density at radius 2 is 1.79 bits per heavy atom. The molecule has 84 valence electrons. The van der Waals surface area contributed by atoms with Crippen molar-refractivity contribution >= 4 is 15.8 Å². The lowest BCUT2D eigenvalue weighted by atomic mass is 9.85.